The molecule has 2 N–H and O–H groups in total. The van der Waals surface area contributed by atoms with Crippen LogP contribution in [0.25, 0.3) is 0 Å². The van der Waals surface area contributed by atoms with Crippen molar-refractivity contribution in [2.24, 2.45) is 5.73 Å². The number of carbonyl (C=O) groups is 2. The van der Waals surface area contributed by atoms with Crippen LogP contribution < -0.4 is 5.73 Å². The van der Waals surface area contributed by atoms with Crippen molar-refractivity contribution in [3.63, 3.8) is 0 Å². The third-order valence-corrected chi connectivity index (χ3v) is 2.72. The average molecular weight is 266 g/mol. The fourth-order valence-electron chi connectivity index (χ4n) is 1.77. The van der Waals surface area contributed by atoms with Gasteiger partial charge in [0.05, 0.1) is 13.1 Å². The number of amides is 1. The van der Waals surface area contributed by atoms with Crippen LogP contribution in [0.15, 0.2) is 24.3 Å². The predicted molar refractivity (Wildman–Crippen MR) is 71.3 cm³/mol. The summed E-state index contributed by atoms with van der Waals surface area (Å²) in [6.45, 7) is 2.77. The maximum atomic E-state index is 13.0. The van der Waals surface area contributed by atoms with Crippen molar-refractivity contribution in [2.75, 3.05) is 19.6 Å². The number of hydrogen-bond donors (Lipinski definition) is 1. The number of halogens is 1. The summed E-state index contributed by atoms with van der Waals surface area (Å²) < 4.78 is 13.0. The smallest absolute Gasteiger partial charge is 0.231 e. The summed E-state index contributed by atoms with van der Waals surface area (Å²) in [5.41, 5.74) is 5.46. The Morgan fingerprint density at radius 2 is 2.05 bits per heavy atom. The zero-order chi connectivity index (χ0) is 14.3. The van der Waals surface area contributed by atoms with E-state index >= 15 is 0 Å². The van der Waals surface area contributed by atoms with Crippen molar-refractivity contribution in [1.29, 1.82) is 0 Å². The lowest BCUT2D eigenvalue weighted by molar-refractivity contribution is -0.119. The lowest BCUT2D eigenvalue weighted by Crippen LogP contribution is -2.38. The zero-order valence-corrected chi connectivity index (χ0v) is 11.1. The third-order valence-electron chi connectivity index (χ3n) is 2.72. The molecule has 0 saturated carbocycles. The second-order valence-corrected chi connectivity index (χ2v) is 4.46. The molecule has 1 aromatic carbocycles. The zero-order valence-electron chi connectivity index (χ0n) is 11.1. The second kappa shape index (κ2) is 7.63. The van der Waals surface area contributed by atoms with Gasteiger partial charge in [-0.3, -0.25) is 14.5 Å². The Morgan fingerprint density at radius 1 is 1.32 bits per heavy atom. The molecule has 0 radical (unpaired) electrons. The van der Waals surface area contributed by atoms with E-state index in [1.54, 1.807) is 11.0 Å². The number of benzene rings is 1. The van der Waals surface area contributed by atoms with E-state index < -0.39 is 11.7 Å². The molecule has 0 aliphatic carbocycles. The van der Waals surface area contributed by atoms with Crippen LogP contribution in [-0.4, -0.2) is 36.2 Å². The minimum atomic E-state index is -0.469. The number of primary amides is 1. The Kier molecular flexibility index (Phi) is 6.15. The van der Waals surface area contributed by atoms with Crippen LogP contribution in [0.1, 0.15) is 30.1 Å². The SMILES string of the molecule is CCCCN(CC(N)=O)CC(=O)c1cccc(F)c1. The summed E-state index contributed by atoms with van der Waals surface area (Å²) in [7, 11) is 0. The Balaban J connectivity index is 2.66. The molecule has 5 heteroatoms. The molecule has 0 spiro atoms. The molecule has 0 saturated heterocycles. The summed E-state index contributed by atoms with van der Waals surface area (Å²) >= 11 is 0. The van der Waals surface area contributed by atoms with Crippen LogP contribution in [-0.2, 0) is 4.79 Å². The van der Waals surface area contributed by atoms with Gasteiger partial charge in [0.15, 0.2) is 5.78 Å². The molecule has 0 aliphatic heterocycles. The normalized spacial score (nSPS) is 10.7. The molecule has 1 aromatic rings. The van der Waals surface area contributed by atoms with Gasteiger partial charge < -0.3 is 5.73 Å². The van der Waals surface area contributed by atoms with Crippen molar-refractivity contribution < 1.29 is 14.0 Å². The highest BCUT2D eigenvalue weighted by atomic mass is 19.1. The van der Waals surface area contributed by atoms with Gasteiger partial charge in [0.1, 0.15) is 5.82 Å². The summed E-state index contributed by atoms with van der Waals surface area (Å²) in [4.78, 5) is 24.6. The molecule has 0 heterocycles. The Morgan fingerprint density at radius 3 is 2.63 bits per heavy atom. The Bertz CT molecular complexity index is 449. The van der Waals surface area contributed by atoms with Gasteiger partial charge in [-0.25, -0.2) is 4.39 Å². The maximum absolute atomic E-state index is 13.0. The van der Waals surface area contributed by atoms with Gasteiger partial charge in [-0.15, -0.1) is 0 Å². The van der Waals surface area contributed by atoms with E-state index in [9.17, 15) is 14.0 Å². The van der Waals surface area contributed by atoms with E-state index in [0.29, 0.717) is 12.1 Å². The number of nitrogens with zero attached hydrogens (tertiary/aromatic N) is 1. The maximum Gasteiger partial charge on any atom is 0.231 e. The quantitative estimate of drug-likeness (QED) is 0.727. The van der Waals surface area contributed by atoms with Crippen molar-refractivity contribution in [2.45, 2.75) is 19.8 Å². The summed E-state index contributed by atoms with van der Waals surface area (Å²) in [6, 6.07) is 5.54. The molecular weight excluding hydrogens is 247 g/mol. The van der Waals surface area contributed by atoms with Gasteiger partial charge in [-0.05, 0) is 25.1 Å². The number of hydrogen-bond acceptors (Lipinski definition) is 3. The molecule has 104 valence electrons. The standard InChI is InChI=1S/C14H19FN2O2/c1-2-3-7-17(10-14(16)19)9-13(18)11-5-4-6-12(15)8-11/h4-6,8H,2-3,7,9-10H2,1H3,(H2,16,19). The number of unbranched alkanes of at least 4 members (excludes halogenated alkanes) is 1. The first-order chi connectivity index (χ1) is 9.02. The minimum Gasteiger partial charge on any atom is -0.369 e. The fourth-order valence-corrected chi connectivity index (χ4v) is 1.77. The van der Waals surface area contributed by atoms with Gasteiger partial charge in [-0.2, -0.15) is 0 Å². The van der Waals surface area contributed by atoms with Crippen molar-refractivity contribution in [3.05, 3.63) is 35.6 Å². The number of Topliss-reactive ketones (excluding diaryl/α,β-unsaturated/α-hetero) is 1. The van der Waals surface area contributed by atoms with Crippen LogP contribution in [0.5, 0.6) is 0 Å². The van der Waals surface area contributed by atoms with Gasteiger partial charge in [-0.1, -0.05) is 25.5 Å². The summed E-state index contributed by atoms with van der Waals surface area (Å²) in [6.07, 6.45) is 1.84. The molecular formula is C14H19FN2O2. The van der Waals surface area contributed by atoms with Gasteiger partial charge >= 0.3 is 0 Å². The van der Waals surface area contributed by atoms with Gasteiger partial charge in [0.25, 0.3) is 0 Å². The van der Waals surface area contributed by atoms with Crippen LogP contribution in [0.4, 0.5) is 4.39 Å². The first-order valence-electron chi connectivity index (χ1n) is 6.32. The predicted octanol–water partition coefficient (Wildman–Crippen LogP) is 1.60. The van der Waals surface area contributed by atoms with Gasteiger partial charge in [0, 0.05) is 5.56 Å². The number of rotatable bonds is 8. The first kappa shape index (κ1) is 15.3. The summed E-state index contributed by atoms with van der Waals surface area (Å²) in [5, 5.41) is 0. The Hall–Kier alpha value is -1.75. The van der Waals surface area contributed by atoms with Gasteiger partial charge in [0.2, 0.25) is 5.91 Å². The number of nitrogens with two attached hydrogens (primary N) is 1. The Labute approximate surface area is 112 Å². The monoisotopic (exact) mass is 266 g/mol. The van der Waals surface area contributed by atoms with Crippen LogP contribution >= 0.6 is 0 Å². The van der Waals surface area contributed by atoms with Crippen LogP contribution in [0.3, 0.4) is 0 Å². The highest BCUT2D eigenvalue weighted by molar-refractivity contribution is 5.97. The molecule has 1 rings (SSSR count). The molecule has 0 unspecified atom stereocenters. The number of ketones is 1. The molecule has 1 amide bonds. The lowest BCUT2D eigenvalue weighted by Gasteiger charge is -2.19. The first-order valence-corrected chi connectivity index (χ1v) is 6.32. The molecule has 0 bridgehead atoms. The molecule has 0 fully saturated rings. The minimum absolute atomic E-state index is 0.0427. The van der Waals surface area contributed by atoms with E-state index in [1.165, 1.54) is 18.2 Å². The van der Waals surface area contributed by atoms with E-state index in [-0.39, 0.29) is 18.9 Å². The average Bonchev–Trinajstić information content (AvgIpc) is 2.35. The van der Waals surface area contributed by atoms with Crippen LogP contribution in [0, 0.1) is 5.82 Å². The topological polar surface area (TPSA) is 63.4 Å². The van der Waals surface area contributed by atoms with E-state index in [4.69, 9.17) is 5.73 Å². The van der Waals surface area contributed by atoms with Crippen molar-refractivity contribution in [3.8, 4) is 0 Å². The highest BCUT2D eigenvalue weighted by Crippen LogP contribution is 2.06. The molecule has 0 atom stereocenters. The largest absolute Gasteiger partial charge is 0.369 e. The van der Waals surface area contributed by atoms with E-state index in [2.05, 4.69) is 0 Å². The fraction of sp³-hybridized carbons (Fsp3) is 0.429. The lowest BCUT2D eigenvalue weighted by atomic mass is 10.1. The van der Waals surface area contributed by atoms with E-state index in [1.807, 2.05) is 6.92 Å². The van der Waals surface area contributed by atoms with E-state index in [0.717, 1.165) is 12.8 Å². The number of carbonyl (C=O) groups excluding carboxylic acids is 2. The molecule has 19 heavy (non-hydrogen) atoms. The van der Waals surface area contributed by atoms with Crippen LogP contribution in [0.2, 0.25) is 0 Å². The van der Waals surface area contributed by atoms with Crippen molar-refractivity contribution in [1.82, 2.24) is 4.90 Å². The highest BCUT2D eigenvalue weighted by Gasteiger charge is 2.14. The molecule has 4 nitrogen and oxygen atoms in total. The molecule has 0 aromatic heterocycles. The third kappa shape index (κ3) is 5.61. The summed E-state index contributed by atoms with van der Waals surface area (Å²) in [5.74, 6) is -1.12. The molecule has 0 aliphatic rings. The second-order valence-electron chi connectivity index (χ2n) is 4.46. The van der Waals surface area contributed by atoms with Crippen molar-refractivity contribution >= 4 is 11.7 Å².